The molecule has 2 fully saturated rings. The molecule has 2 aliphatic heterocycles. The van der Waals surface area contributed by atoms with Crippen LogP contribution in [0.3, 0.4) is 0 Å². The zero-order valence-corrected chi connectivity index (χ0v) is 27.7. The molecule has 2 aromatic rings. The van der Waals surface area contributed by atoms with Crippen LogP contribution in [0.4, 0.5) is 0 Å². The van der Waals surface area contributed by atoms with Crippen molar-refractivity contribution in [2.75, 3.05) is 39.3 Å². The van der Waals surface area contributed by atoms with E-state index in [1.54, 1.807) is 0 Å². The highest BCUT2D eigenvalue weighted by Gasteiger charge is 2.42. The SMILES string of the molecule is CC(C)(C)c1ccc2c(c1)C(C(=O)N1CCC(O)C1)C1=C2C=CC(C(C)(C)C)C1.Cc1ccc(C(=O)N2CCNCC2)cc1. The fourth-order valence-electron chi connectivity index (χ4n) is 6.72. The van der Waals surface area contributed by atoms with E-state index < -0.39 is 0 Å². The second kappa shape index (κ2) is 12.6. The third-order valence-electron chi connectivity index (χ3n) is 9.69. The van der Waals surface area contributed by atoms with Gasteiger partial charge in [-0.25, -0.2) is 0 Å². The lowest BCUT2D eigenvalue weighted by Crippen LogP contribution is -2.46. The topological polar surface area (TPSA) is 72.9 Å². The number of hydrogen-bond donors (Lipinski definition) is 2. The lowest BCUT2D eigenvalue weighted by atomic mass is 9.72. The third kappa shape index (κ3) is 6.87. The number of β-amino-alcohol motifs (C(OH)–C–C–N with tert-alkyl or cyclic N) is 1. The summed E-state index contributed by atoms with van der Waals surface area (Å²) in [4.78, 5) is 29.5. The monoisotopic (exact) mass is 597 g/mol. The quantitative estimate of drug-likeness (QED) is 0.440. The van der Waals surface area contributed by atoms with E-state index in [0.29, 0.717) is 25.4 Å². The Hall–Kier alpha value is -3.22. The summed E-state index contributed by atoms with van der Waals surface area (Å²) >= 11 is 0. The number of allylic oxidation sites excluding steroid dienone is 3. The van der Waals surface area contributed by atoms with Crippen molar-refractivity contribution in [1.82, 2.24) is 15.1 Å². The standard InChI is InChI=1S/C26H35NO2.C12H16N2O/c1-25(2,3)16-7-9-19-20-10-8-17(26(4,5)6)14-22(20)23(21(19)13-16)24(29)27-12-11-18(28)15-27;1-10-2-4-11(5-3-10)12(15)14-8-6-13-7-9-14/h7-10,13,17-18,23,28H,11-12,14-15H2,1-6H3;2-5,13H,6-9H2,1H3. The largest absolute Gasteiger partial charge is 0.391 e. The van der Waals surface area contributed by atoms with Gasteiger partial charge in [-0.05, 0) is 76.5 Å². The molecule has 4 aliphatic rings. The zero-order valence-electron chi connectivity index (χ0n) is 27.7. The van der Waals surface area contributed by atoms with Gasteiger partial charge >= 0.3 is 0 Å². The van der Waals surface area contributed by atoms with E-state index in [1.165, 1.54) is 27.8 Å². The van der Waals surface area contributed by atoms with E-state index in [-0.39, 0.29) is 34.7 Å². The van der Waals surface area contributed by atoms with Crippen molar-refractivity contribution >= 4 is 17.4 Å². The number of amides is 2. The summed E-state index contributed by atoms with van der Waals surface area (Å²) in [7, 11) is 0. The van der Waals surface area contributed by atoms with Crippen LogP contribution < -0.4 is 5.32 Å². The number of carbonyl (C=O) groups excluding carboxylic acids is 2. The van der Waals surface area contributed by atoms with Crippen molar-refractivity contribution in [3.8, 4) is 0 Å². The van der Waals surface area contributed by atoms with Crippen molar-refractivity contribution in [3.05, 3.63) is 88.0 Å². The van der Waals surface area contributed by atoms with Crippen LogP contribution in [0.15, 0.2) is 60.2 Å². The highest BCUT2D eigenvalue weighted by molar-refractivity contribution is 5.98. The normalized spacial score (nSPS) is 23.2. The van der Waals surface area contributed by atoms with Crippen LogP contribution >= 0.6 is 0 Å². The first-order valence-electron chi connectivity index (χ1n) is 16.3. The number of carbonyl (C=O) groups is 2. The highest BCUT2D eigenvalue weighted by atomic mass is 16.3. The molecule has 0 saturated carbocycles. The number of piperazine rings is 1. The molecular weight excluding hydrogens is 546 g/mol. The maximum atomic E-state index is 13.7. The van der Waals surface area contributed by atoms with Crippen molar-refractivity contribution in [3.63, 3.8) is 0 Å². The predicted octanol–water partition coefficient (Wildman–Crippen LogP) is 6.09. The van der Waals surface area contributed by atoms with Crippen LogP contribution in [0.5, 0.6) is 0 Å². The molecule has 2 aromatic carbocycles. The molecule has 6 nitrogen and oxygen atoms in total. The minimum Gasteiger partial charge on any atom is -0.391 e. The summed E-state index contributed by atoms with van der Waals surface area (Å²) in [5.74, 6) is 0.540. The van der Waals surface area contributed by atoms with Gasteiger partial charge in [-0.3, -0.25) is 9.59 Å². The van der Waals surface area contributed by atoms with E-state index in [4.69, 9.17) is 0 Å². The Kier molecular flexibility index (Phi) is 9.25. The van der Waals surface area contributed by atoms with Crippen LogP contribution in [0.2, 0.25) is 0 Å². The molecule has 2 aliphatic carbocycles. The van der Waals surface area contributed by atoms with Gasteiger partial charge in [0.05, 0.1) is 12.0 Å². The van der Waals surface area contributed by atoms with E-state index >= 15 is 0 Å². The van der Waals surface area contributed by atoms with Crippen molar-refractivity contribution in [1.29, 1.82) is 0 Å². The smallest absolute Gasteiger partial charge is 0.253 e. The Balaban J connectivity index is 0.000000215. The Morgan fingerprint density at radius 1 is 0.909 bits per heavy atom. The van der Waals surface area contributed by atoms with E-state index in [9.17, 15) is 14.7 Å². The molecule has 236 valence electrons. The number of aliphatic hydroxyl groups excluding tert-OH is 1. The summed E-state index contributed by atoms with van der Waals surface area (Å²) in [6.07, 6.45) is 5.83. The molecule has 0 radical (unpaired) electrons. The van der Waals surface area contributed by atoms with Gasteiger partial charge in [0.2, 0.25) is 5.91 Å². The number of likely N-dealkylation sites (tertiary alicyclic amines) is 1. The molecule has 2 heterocycles. The van der Waals surface area contributed by atoms with Gasteiger partial charge < -0.3 is 20.2 Å². The molecule has 2 N–H and O–H groups in total. The first-order chi connectivity index (χ1) is 20.7. The van der Waals surface area contributed by atoms with Crippen LogP contribution in [0, 0.1) is 18.3 Å². The van der Waals surface area contributed by atoms with E-state index in [1.807, 2.05) is 41.0 Å². The van der Waals surface area contributed by atoms with Crippen LogP contribution in [0.25, 0.3) is 5.57 Å². The lowest BCUT2D eigenvalue weighted by Gasteiger charge is -2.33. The van der Waals surface area contributed by atoms with Gasteiger partial charge in [0, 0.05) is 44.8 Å². The zero-order chi connectivity index (χ0) is 31.8. The van der Waals surface area contributed by atoms with Gasteiger partial charge in [0.25, 0.3) is 5.91 Å². The van der Waals surface area contributed by atoms with Gasteiger partial charge in [0.1, 0.15) is 0 Å². The molecule has 2 amide bonds. The molecule has 6 heteroatoms. The molecule has 3 atom stereocenters. The minimum atomic E-state index is -0.386. The second-order valence-electron chi connectivity index (χ2n) is 15.1. The number of aryl methyl sites for hydroxylation is 1. The summed E-state index contributed by atoms with van der Waals surface area (Å²) < 4.78 is 0. The molecule has 44 heavy (non-hydrogen) atoms. The first kappa shape index (κ1) is 32.2. The van der Waals surface area contributed by atoms with Crippen molar-refractivity contribution < 1.29 is 14.7 Å². The molecule has 2 saturated heterocycles. The Bertz CT molecular complexity index is 1440. The summed E-state index contributed by atoms with van der Waals surface area (Å²) in [6, 6.07) is 14.5. The number of benzene rings is 2. The number of fused-ring (bicyclic) bond motifs is 2. The van der Waals surface area contributed by atoms with Crippen LogP contribution in [-0.2, 0) is 10.2 Å². The predicted molar refractivity (Wildman–Crippen MR) is 179 cm³/mol. The van der Waals surface area contributed by atoms with Crippen LogP contribution in [-0.4, -0.2) is 72.1 Å². The minimum absolute atomic E-state index is 0.0410. The Morgan fingerprint density at radius 2 is 1.59 bits per heavy atom. The number of rotatable bonds is 2. The molecular formula is C38H51N3O3. The number of aliphatic hydroxyl groups is 1. The number of nitrogens with one attached hydrogen (secondary N) is 1. The number of hydrogen-bond acceptors (Lipinski definition) is 4. The van der Waals surface area contributed by atoms with Gasteiger partial charge in [-0.2, -0.15) is 0 Å². The molecule has 0 spiro atoms. The summed E-state index contributed by atoms with van der Waals surface area (Å²) in [5, 5.41) is 13.2. The maximum absolute atomic E-state index is 13.7. The molecule has 0 aromatic heterocycles. The first-order valence-corrected chi connectivity index (χ1v) is 16.3. The summed E-state index contributed by atoms with van der Waals surface area (Å²) in [6.45, 7) is 20.1. The van der Waals surface area contributed by atoms with E-state index in [0.717, 1.165) is 43.7 Å². The Morgan fingerprint density at radius 3 is 2.18 bits per heavy atom. The Labute approximate surface area is 264 Å². The molecule has 3 unspecified atom stereocenters. The highest BCUT2D eigenvalue weighted by Crippen LogP contribution is 2.51. The molecule has 0 bridgehead atoms. The lowest BCUT2D eigenvalue weighted by molar-refractivity contribution is -0.131. The van der Waals surface area contributed by atoms with E-state index in [2.05, 4.69) is 77.2 Å². The summed E-state index contributed by atoms with van der Waals surface area (Å²) in [5.41, 5.74) is 8.36. The average Bonchev–Trinajstić information content (AvgIpc) is 3.57. The van der Waals surface area contributed by atoms with Gasteiger partial charge in [0.15, 0.2) is 0 Å². The molecule has 6 rings (SSSR count). The van der Waals surface area contributed by atoms with Gasteiger partial charge in [-0.15, -0.1) is 0 Å². The average molecular weight is 598 g/mol. The van der Waals surface area contributed by atoms with Crippen LogP contribution in [0.1, 0.15) is 92.9 Å². The van der Waals surface area contributed by atoms with Crippen molar-refractivity contribution in [2.24, 2.45) is 11.3 Å². The second-order valence-corrected chi connectivity index (χ2v) is 15.1. The van der Waals surface area contributed by atoms with Gasteiger partial charge in [-0.1, -0.05) is 89.6 Å². The maximum Gasteiger partial charge on any atom is 0.253 e. The number of nitrogens with zero attached hydrogens (tertiary/aromatic N) is 2. The van der Waals surface area contributed by atoms with Crippen molar-refractivity contribution in [2.45, 2.75) is 78.7 Å². The third-order valence-corrected chi connectivity index (χ3v) is 9.69. The fourth-order valence-corrected chi connectivity index (χ4v) is 6.72. The fraction of sp³-hybridized carbons (Fsp3) is 0.526.